The smallest absolute Gasteiger partial charge is 0.170 e. The molecule has 0 aliphatic heterocycles. The monoisotopic (exact) mass is 294 g/mol. The number of pyridine rings is 1. The van der Waals surface area contributed by atoms with Crippen molar-refractivity contribution in [2.75, 3.05) is 0 Å². The highest BCUT2D eigenvalue weighted by Gasteiger charge is 2.37. The van der Waals surface area contributed by atoms with Gasteiger partial charge in [-0.3, -0.25) is 9.78 Å². The molecule has 0 saturated carbocycles. The number of rotatable bonds is 8. The standard InChI is InChI=1S/C17H18N4O/c1-14-5-6-15(13-21-14)16(22)17(7-2-10-18,8-3-11-19)9-4-12-20/h5-6,13H,2-4,7-9H2,1H3. The van der Waals surface area contributed by atoms with E-state index in [1.807, 2.05) is 6.92 Å². The second kappa shape index (κ2) is 8.55. The van der Waals surface area contributed by atoms with Crippen LogP contribution in [0.2, 0.25) is 0 Å². The minimum absolute atomic E-state index is 0.124. The summed E-state index contributed by atoms with van der Waals surface area (Å²) in [5.74, 6) is -0.124. The third-order valence-electron chi connectivity index (χ3n) is 3.80. The average molecular weight is 294 g/mol. The summed E-state index contributed by atoms with van der Waals surface area (Å²) < 4.78 is 0. The second-order valence-electron chi connectivity index (χ2n) is 5.27. The lowest BCUT2D eigenvalue weighted by molar-refractivity contribution is 0.0745. The van der Waals surface area contributed by atoms with Crippen LogP contribution in [0.15, 0.2) is 18.3 Å². The van der Waals surface area contributed by atoms with Crippen LogP contribution >= 0.6 is 0 Å². The van der Waals surface area contributed by atoms with Crippen LogP contribution in [0.1, 0.15) is 54.6 Å². The summed E-state index contributed by atoms with van der Waals surface area (Å²) >= 11 is 0. The summed E-state index contributed by atoms with van der Waals surface area (Å²) in [5.41, 5.74) is 0.450. The van der Waals surface area contributed by atoms with E-state index < -0.39 is 5.41 Å². The lowest BCUT2D eigenvalue weighted by atomic mass is 9.70. The number of hydrogen-bond acceptors (Lipinski definition) is 5. The molecule has 0 aromatic carbocycles. The Balaban J connectivity index is 3.16. The Morgan fingerprint density at radius 3 is 1.91 bits per heavy atom. The van der Waals surface area contributed by atoms with Crippen molar-refractivity contribution in [2.45, 2.75) is 45.4 Å². The van der Waals surface area contributed by atoms with Gasteiger partial charge in [0.25, 0.3) is 0 Å². The molecule has 112 valence electrons. The Hall–Kier alpha value is -2.71. The molecule has 0 radical (unpaired) electrons. The van der Waals surface area contributed by atoms with Crippen LogP contribution in [-0.4, -0.2) is 10.8 Å². The fraction of sp³-hybridized carbons (Fsp3) is 0.471. The van der Waals surface area contributed by atoms with Gasteiger partial charge in [-0.1, -0.05) is 0 Å². The maximum atomic E-state index is 12.9. The van der Waals surface area contributed by atoms with E-state index in [1.54, 1.807) is 12.1 Å². The molecule has 1 rings (SSSR count). The van der Waals surface area contributed by atoms with Crippen LogP contribution in [0.5, 0.6) is 0 Å². The number of nitriles is 3. The van der Waals surface area contributed by atoms with Crippen LogP contribution < -0.4 is 0 Å². The van der Waals surface area contributed by atoms with Crippen molar-refractivity contribution >= 4 is 5.78 Å². The summed E-state index contributed by atoms with van der Waals surface area (Å²) in [6, 6.07) is 9.65. The molecule has 1 aromatic heterocycles. The van der Waals surface area contributed by atoms with Crippen LogP contribution in [0.3, 0.4) is 0 Å². The van der Waals surface area contributed by atoms with Gasteiger partial charge in [0, 0.05) is 42.1 Å². The molecule has 0 amide bonds. The van der Waals surface area contributed by atoms with E-state index in [4.69, 9.17) is 15.8 Å². The summed E-state index contributed by atoms with van der Waals surface area (Å²) in [7, 11) is 0. The number of carbonyl (C=O) groups is 1. The minimum Gasteiger partial charge on any atom is -0.293 e. The van der Waals surface area contributed by atoms with E-state index in [-0.39, 0.29) is 25.0 Å². The Labute approximate surface area is 130 Å². The fourth-order valence-corrected chi connectivity index (χ4v) is 2.51. The van der Waals surface area contributed by atoms with E-state index in [1.165, 1.54) is 6.20 Å². The largest absolute Gasteiger partial charge is 0.293 e. The quantitative estimate of drug-likeness (QED) is 0.683. The lowest BCUT2D eigenvalue weighted by Gasteiger charge is -2.30. The minimum atomic E-state index is -0.835. The van der Waals surface area contributed by atoms with Gasteiger partial charge >= 0.3 is 0 Å². The molecule has 1 heterocycles. The van der Waals surface area contributed by atoms with E-state index in [0.717, 1.165) is 5.69 Å². The van der Waals surface area contributed by atoms with Gasteiger partial charge in [-0.15, -0.1) is 0 Å². The molecule has 22 heavy (non-hydrogen) atoms. The zero-order valence-electron chi connectivity index (χ0n) is 12.7. The summed E-state index contributed by atoms with van der Waals surface area (Å²) in [6.45, 7) is 1.84. The number of hydrogen-bond donors (Lipinski definition) is 0. The van der Waals surface area contributed by atoms with E-state index >= 15 is 0 Å². The summed E-state index contributed by atoms with van der Waals surface area (Å²) in [5, 5.41) is 26.6. The van der Waals surface area contributed by atoms with Gasteiger partial charge in [-0.05, 0) is 38.3 Å². The first-order valence-electron chi connectivity index (χ1n) is 7.18. The molecule has 0 aliphatic carbocycles. The number of aromatic nitrogens is 1. The lowest BCUT2D eigenvalue weighted by Crippen LogP contribution is -2.31. The Morgan fingerprint density at radius 2 is 1.55 bits per heavy atom. The maximum absolute atomic E-state index is 12.9. The van der Waals surface area contributed by atoms with Crippen molar-refractivity contribution in [1.29, 1.82) is 15.8 Å². The van der Waals surface area contributed by atoms with E-state index in [2.05, 4.69) is 23.2 Å². The van der Waals surface area contributed by atoms with Gasteiger partial charge in [0.1, 0.15) is 0 Å². The van der Waals surface area contributed by atoms with Gasteiger partial charge in [-0.25, -0.2) is 0 Å². The highest BCUT2D eigenvalue weighted by Crippen LogP contribution is 2.38. The molecule has 5 heteroatoms. The molecule has 5 nitrogen and oxygen atoms in total. The Morgan fingerprint density at radius 1 is 1.05 bits per heavy atom. The molecule has 0 bridgehead atoms. The average Bonchev–Trinajstić information content (AvgIpc) is 2.54. The van der Waals surface area contributed by atoms with Crippen LogP contribution in [0.4, 0.5) is 0 Å². The third kappa shape index (κ3) is 4.40. The van der Waals surface area contributed by atoms with Gasteiger partial charge in [-0.2, -0.15) is 15.8 Å². The first-order chi connectivity index (χ1) is 10.6. The first kappa shape index (κ1) is 17.3. The predicted molar refractivity (Wildman–Crippen MR) is 80.3 cm³/mol. The van der Waals surface area contributed by atoms with E-state index in [9.17, 15) is 4.79 Å². The van der Waals surface area contributed by atoms with Gasteiger partial charge in [0.2, 0.25) is 0 Å². The van der Waals surface area contributed by atoms with Crippen molar-refractivity contribution < 1.29 is 4.79 Å². The number of Topliss-reactive ketones (excluding diaryl/α,β-unsaturated/α-hetero) is 1. The van der Waals surface area contributed by atoms with Gasteiger partial charge in [0.15, 0.2) is 5.78 Å². The normalized spacial score (nSPS) is 10.3. The SMILES string of the molecule is Cc1ccc(C(=O)C(CCC#N)(CCC#N)CCC#N)cn1. The highest BCUT2D eigenvalue weighted by molar-refractivity contribution is 6.00. The molecule has 0 atom stereocenters. The summed E-state index contributed by atoms with van der Waals surface area (Å²) in [6.07, 6.45) is 3.28. The molecule has 1 aromatic rings. The molecule has 0 aliphatic rings. The molecular formula is C17H18N4O. The topological polar surface area (TPSA) is 101 Å². The molecular weight excluding hydrogens is 276 g/mol. The molecule has 0 N–H and O–H groups in total. The fourth-order valence-electron chi connectivity index (χ4n) is 2.51. The maximum Gasteiger partial charge on any atom is 0.170 e. The van der Waals surface area contributed by atoms with Crippen LogP contribution in [0.25, 0.3) is 0 Å². The number of nitrogens with zero attached hydrogens (tertiary/aromatic N) is 4. The molecule has 0 unspecified atom stereocenters. The summed E-state index contributed by atoms with van der Waals surface area (Å²) in [4.78, 5) is 17.1. The van der Waals surface area contributed by atoms with Crippen molar-refractivity contribution in [3.8, 4) is 18.2 Å². The molecule has 0 saturated heterocycles. The van der Waals surface area contributed by atoms with Crippen molar-refractivity contribution in [3.05, 3.63) is 29.6 Å². The highest BCUT2D eigenvalue weighted by atomic mass is 16.1. The van der Waals surface area contributed by atoms with Crippen molar-refractivity contribution in [1.82, 2.24) is 4.98 Å². The number of ketones is 1. The molecule has 0 fully saturated rings. The number of carbonyl (C=O) groups excluding carboxylic acids is 1. The predicted octanol–water partition coefficient (Wildman–Crippen LogP) is 3.47. The second-order valence-corrected chi connectivity index (χ2v) is 5.27. The molecule has 0 spiro atoms. The van der Waals surface area contributed by atoms with E-state index in [0.29, 0.717) is 24.8 Å². The number of aryl methyl sites for hydroxylation is 1. The van der Waals surface area contributed by atoms with Crippen LogP contribution in [0, 0.1) is 46.3 Å². The Bertz CT molecular complexity index is 583. The van der Waals surface area contributed by atoms with Crippen LogP contribution in [-0.2, 0) is 0 Å². The van der Waals surface area contributed by atoms with Gasteiger partial charge in [0.05, 0.1) is 18.2 Å². The first-order valence-corrected chi connectivity index (χ1v) is 7.18. The zero-order chi connectivity index (χ0) is 16.4. The van der Waals surface area contributed by atoms with Gasteiger partial charge < -0.3 is 0 Å². The van der Waals surface area contributed by atoms with Crippen molar-refractivity contribution in [2.24, 2.45) is 5.41 Å². The Kier molecular flexibility index (Phi) is 6.74. The van der Waals surface area contributed by atoms with Crippen molar-refractivity contribution in [3.63, 3.8) is 0 Å². The third-order valence-corrected chi connectivity index (χ3v) is 3.80. The zero-order valence-corrected chi connectivity index (χ0v) is 12.7.